The average molecular weight is 503 g/mol. The predicted molar refractivity (Wildman–Crippen MR) is 126 cm³/mol. The standard InChI is InChI=1S/C22H19ClN4O4S2/c1-14-24-19-10-11-20(22(28)26-33(30,31)17-6-4-3-5-7-17)25-21(19)27(14)13-15-8-9-16(32(2)29)12-18(15)23/h3-12H,13H2,1-2H3,(H,26,28). The Morgan fingerprint density at radius 3 is 2.48 bits per heavy atom. The van der Waals surface area contributed by atoms with E-state index in [1.807, 2.05) is 4.72 Å². The second kappa shape index (κ2) is 9.05. The first-order valence-electron chi connectivity index (χ1n) is 9.73. The molecule has 2 heterocycles. The van der Waals surface area contributed by atoms with E-state index in [1.54, 1.807) is 60.2 Å². The molecule has 1 N–H and O–H groups in total. The molecule has 2 aromatic heterocycles. The lowest BCUT2D eigenvalue weighted by Crippen LogP contribution is -2.31. The quantitative estimate of drug-likeness (QED) is 0.433. The minimum Gasteiger partial charge on any atom is -0.308 e. The van der Waals surface area contributed by atoms with Gasteiger partial charge in [-0.05, 0) is 48.9 Å². The molecule has 4 rings (SSSR count). The lowest BCUT2D eigenvalue weighted by atomic mass is 10.2. The summed E-state index contributed by atoms with van der Waals surface area (Å²) in [6.45, 7) is 2.11. The summed E-state index contributed by atoms with van der Waals surface area (Å²) in [5.41, 5.74) is 1.66. The third-order valence-electron chi connectivity index (χ3n) is 4.98. The number of pyridine rings is 1. The van der Waals surface area contributed by atoms with E-state index in [-0.39, 0.29) is 10.6 Å². The number of aryl methyl sites for hydroxylation is 1. The minimum absolute atomic E-state index is 0.0218. The number of benzene rings is 2. The van der Waals surface area contributed by atoms with E-state index < -0.39 is 26.7 Å². The van der Waals surface area contributed by atoms with Crippen LogP contribution < -0.4 is 4.72 Å². The maximum atomic E-state index is 12.7. The summed E-state index contributed by atoms with van der Waals surface area (Å²) in [5, 5.41) is 0.451. The lowest BCUT2D eigenvalue weighted by Gasteiger charge is -2.10. The van der Waals surface area contributed by atoms with E-state index >= 15 is 0 Å². The van der Waals surface area contributed by atoms with Crippen LogP contribution in [-0.2, 0) is 27.4 Å². The Balaban J connectivity index is 1.66. The second-order valence-electron chi connectivity index (χ2n) is 7.24. The molecule has 1 amide bonds. The first kappa shape index (κ1) is 23.1. The minimum atomic E-state index is -4.04. The molecule has 0 radical (unpaired) electrons. The van der Waals surface area contributed by atoms with Crippen LogP contribution in [0.2, 0.25) is 5.02 Å². The van der Waals surface area contributed by atoms with Crippen LogP contribution in [0.1, 0.15) is 21.9 Å². The Bertz CT molecular complexity index is 1500. The van der Waals surface area contributed by atoms with Gasteiger partial charge in [-0.1, -0.05) is 35.9 Å². The molecule has 8 nitrogen and oxygen atoms in total. The van der Waals surface area contributed by atoms with Crippen LogP contribution in [0.25, 0.3) is 11.2 Å². The number of imidazole rings is 1. The van der Waals surface area contributed by atoms with E-state index in [2.05, 4.69) is 9.97 Å². The monoisotopic (exact) mass is 502 g/mol. The van der Waals surface area contributed by atoms with E-state index in [1.165, 1.54) is 18.2 Å². The molecule has 11 heteroatoms. The fourth-order valence-corrected chi connectivity index (χ4v) is 5.10. The number of hydrogen-bond donors (Lipinski definition) is 1. The molecular weight excluding hydrogens is 484 g/mol. The zero-order valence-electron chi connectivity index (χ0n) is 17.6. The maximum absolute atomic E-state index is 12.7. The van der Waals surface area contributed by atoms with Crippen molar-refractivity contribution in [2.45, 2.75) is 23.3 Å². The number of hydrogen-bond acceptors (Lipinski definition) is 6. The zero-order chi connectivity index (χ0) is 23.8. The molecule has 0 bridgehead atoms. The SMILES string of the molecule is Cc1nc2ccc(C(=O)NS(=O)(=O)c3ccccc3)nc2n1Cc1ccc(S(C)=O)cc1Cl. The van der Waals surface area contributed by atoms with Gasteiger partial charge in [0.15, 0.2) is 5.65 Å². The summed E-state index contributed by atoms with van der Waals surface area (Å²) in [6.07, 6.45) is 1.58. The Kier molecular flexibility index (Phi) is 6.33. The van der Waals surface area contributed by atoms with Gasteiger partial charge in [0.05, 0.1) is 11.4 Å². The summed E-state index contributed by atoms with van der Waals surface area (Å²) >= 11 is 6.39. The number of amides is 1. The third kappa shape index (κ3) is 4.82. The Morgan fingerprint density at radius 1 is 1.09 bits per heavy atom. The van der Waals surface area contributed by atoms with Gasteiger partial charge in [0.2, 0.25) is 0 Å². The van der Waals surface area contributed by atoms with E-state index in [9.17, 15) is 17.4 Å². The molecule has 0 aliphatic rings. The lowest BCUT2D eigenvalue weighted by molar-refractivity contribution is 0.0977. The van der Waals surface area contributed by atoms with Gasteiger partial charge in [-0.2, -0.15) is 0 Å². The summed E-state index contributed by atoms with van der Waals surface area (Å²) in [7, 11) is -5.19. The average Bonchev–Trinajstić information content (AvgIpc) is 3.09. The number of rotatable bonds is 6. The molecule has 0 spiro atoms. The number of nitrogens with one attached hydrogen (secondary N) is 1. The smallest absolute Gasteiger partial charge is 0.283 e. The van der Waals surface area contributed by atoms with Crippen LogP contribution in [0.5, 0.6) is 0 Å². The molecule has 0 saturated heterocycles. The highest BCUT2D eigenvalue weighted by Crippen LogP contribution is 2.23. The summed E-state index contributed by atoms with van der Waals surface area (Å²) < 4.78 is 40.5. The van der Waals surface area contributed by atoms with Crippen LogP contribution in [0.3, 0.4) is 0 Å². The number of carbonyl (C=O) groups is 1. The Hall–Kier alpha value is -3.08. The third-order valence-corrected chi connectivity index (χ3v) is 7.60. The van der Waals surface area contributed by atoms with E-state index in [0.29, 0.717) is 33.5 Å². The van der Waals surface area contributed by atoms with Crippen molar-refractivity contribution < 1.29 is 17.4 Å². The van der Waals surface area contributed by atoms with Gasteiger partial charge in [0.25, 0.3) is 15.9 Å². The van der Waals surface area contributed by atoms with Gasteiger partial charge >= 0.3 is 0 Å². The fraction of sp³-hybridized carbons (Fsp3) is 0.136. The molecule has 0 saturated carbocycles. The Morgan fingerprint density at radius 2 is 1.82 bits per heavy atom. The summed E-state index contributed by atoms with van der Waals surface area (Å²) in [5.74, 6) is -0.204. The van der Waals surface area contributed by atoms with Crippen molar-refractivity contribution in [2.75, 3.05) is 6.26 Å². The molecule has 33 heavy (non-hydrogen) atoms. The highest BCUT2D eigenvalue weighted by molar-refractivity contribution is 7.90. The topological polar surface area (TPSA) is 111 Å². The van der Waals surface area contributed by atoms with Gasteiger partial charge in [0, 0.05) is 27.0 Å². The number of nitrogens with zero attached hydrogens (tertiary/aromatic N) is 3. The van der Waals surface area contributed by atoms with Gasteiger partial charge in [-0.15, -0.1) is 0 Å². The molecule has 0 fully saturated rings. The summed E-state index contributed by atoms with van der Waals surface area (Å²) in [6, 6.07) is 15.8. The molecular formula is C22H19ClN4O4S2. The molecule has 1 atom stereocenters. The van der Waals surface area contributed by atoms with Gasteiger partial charge in [-0.3, -0.25) is 9.00 Å². The molecule has 4 aromatic rings. The zero-order valence-corrected chi connectivity index (χ0v) is 20.0. The highest BCUT2D eigenvalue weighted by Gasteiger charge is 2.21. The predicted octanol–water partition coefficient (Wildman–Crippen LogP) is 3.30. The van der Waals surface area contributed by atoms with Crippen LogP contribution in [-0.4, -0.2) is 39.3 Å². The first-order valence-corrected chi connectivity index (χ1v) is 13.2. The maximum Gasteiger partial charge on any atom is 0.283 e. The Labute approximate surface area is 198 Å². The van der Waals surface area contributed by atoms with Crippen LogP contribution >= 0.6 is 11.6 Å². The second-order valence-corrected chi connectivity index (χ2v) is 10.7. The number of carbonyl (C=O) groups excluding carboxylic acids is 1. The molecule has 170 valence electrons. The normalized spacial score (nSPS) is 12.6. The van der Waals surface area contributed by atoms with Crippen molar-refractivity contribution in [3.8, 4) is 0 Å². The van der Waals surface area contributed by atoms with Crippen molar-refractivity contribution in [1.29, 1.82) is 0 Å². The van der Waals surface area contributed by atoms with Crippen molar-refractivity contribution in [3.63, 3.8) is 0 Å². The largest absolute Gasteiger partial charge is 0.308 e. The van der Waals surface area contributed by atoms with Crippen molar-refractivity contribution in [3.05, 3.63) is 82.8 Å². The molecule has 2 aromatic carbocycles. The fourth-order valence-electron chi connectivity index (χ4n) is 3.27. The molecule has 1 unspecified atom stereocenters. The van der Waals surface area contributed by atoms with E-state index in [4.69, 9.17) is 11.6 Å². The van der Waals surface area contributed by atoms with Gasteiger partial charge < -0.3 is 4.57 Å². The highest BCUT2D eigenvalue weighted by atomic mass is 35.5. The molecule has 0 aliphatic carbocycles. The number of fused-ring (bicyclic) bond motifs is 1. The number of aromatic nitrogens is 3. The number of sulfonamides is 1. The van der Waals surface area contributed by atoms with E-state index in [0.717, 1.165) is 5.56 Å². The summed E-state index contributed by atoms with van der Waals surface area (Å²) in [4.78, 5) is 22.1. The first-order chi connectivity index (χ1) is 15.7. The van der Waals surface area contributed by atoms with Crippen LogP contribution in [0.4, 0.5) is 0 Å². The van der Waals surface area contributed by atoms with Gasteiger partial charge in [-0.25, -0.2) is 23.1 Å². The number of halogens is 1. The van der Waals surface area contributed by atoms with Gasteiger partial charge in [0.1, 0.15) is 17.0 Å². The van der Waals surface area contributed by atoms with Crippen molar-refractivity contribution in [1.82, 2.24) is 19.3 Å². The van der Waals surface area contributed by atoms with Crippen LogP contribution in [0, 0.1) is 6.92 Å². The molecule has 0 aliphatic heterocycles. The van der Waals surface area contributed by atoms with Crippen molar-refractivity contribution >= 4 is 49.5 Å². The van der Waals surface area contributed by atoms with Crippen LogP contribution in [0.15, 0.2) is 70.5 Å². The van der Waals surface area contributed by atoms with Crippen molar-refractivity contribution in [2.24, 2.45) is 0 Å².